The lowest BCUT2D eigenvalue weighted by atomic mass is 10.1. The second kappa shape index (κ2) is 6.67. The van der Waals surface area contributed by atoms with Crippen LogP contribution < -0.4 is 22.3 Å². The fourth-order valence-electron chi connectivity index (χ4n) is 2.76. The summed E-state index contributed by atoms with van der Waals surface area (Å²) in [6, 6.07) is 8.00. The van der Waals surface area contributed by atoms with E-state index in [2.05, 4.69) is 44.8 Å². The molecule has 0 aliphatic carbocycles. The zero-order chi connectivity index (χ0) is 16.3. The summed E-state index contributed by atoms with van der Waals surface area (Å²) in [6.45, 7) is 5.54. The maximum Gasteiger partial charge on any atom is 0.209 e. The van der Waals surface area contributed by atoms with Gasteiger partial charge in [-0.1, -0.05) is 36.4 Å². The van der Waals surface area contributed by atoms with Crippen LogP contribution in [0.5, 0.6) is 0 Å². The molecule has 0 spiro atoms. The number of guanidine groups is 1. The Hall–Kier alpha value is -1.93. The molecular weight excluding hydrogens is 290 g/mol. The zero-order valence-corrected chi connectivity index (χ0v) is 13.5. The number of nitrogens with one attached hydrogen (secondary N) is 2. The Morgan fingerprint density at radius 1 is 1.22 bits per heavy atom. The van der Waals surface area contributed by atoms with E-state index in [9.17, 15) is 0 Å². The lowest BCUT2D eigenvalue weighted by Gasteiger charge is -2.31. The third-order valence-electron chi connectivity index (χ3n) is 4.30. The van der Waals surface area contributed by atoms with Crippen LogP contribution in [0, 0.1) is 0 Å². The molecular formula is C16H25N7. The summed E-state index contributed by atoms with van der Waals surface area (Å²) in [5.41, 5.74) is 19.4. The van der Waals surface area contributed by atoms with E-state index in [4.69, 9.17) is 11.5 Å². The highest BCUT2D eigenvalue weighted by Crippen LogP contribution is 2.19. The fraction of sp³-hybridized carbons (Fsp3) is 0.438. The number of likely N-dealkylation sites (N-methyl/N-ethyl adjacent to an activating group) is 1. The molecule has 0 amide bonds. The average molecular weight is 315 g/mol. The van der Waals surface area contributed by atoms with Crippen molar-refractivity contribution in [2.24, 2.45) is 16.5 Å². The Morgan fingerprint density at radius 2 is 1.91 bits per heavy atom. The number of hydrazine groups is 1. The Bertz CT molecular complexity index is 587. The van der Waals surface area contributed by atoms with E-state index in [0.29, 0.717) is 5.96 Å². The summed E-state index contributed by atoms with van der Waals surface area (Å²) >= 11 is 0. The van der Waals surface area contributed by atoms with Gasteiger partial charge in [-0.25, -0.2) is 4.99 Å². The number of hydrogen-bond acceptors (Lipinski definition) is 7. The standard InChI is InChI=1S/C16H25N7/c1-22-9-11-23(12-10-22)8-2-3-13-4-6-14(7-5-13)16(18)19-15(17)20-21-16/h2-7,21H,8-12,18H2,1H3,(H3,17,19,20). The third-order valence-corrected chi connectivity index (χ3v) is 4.30. The number of aliphatic imine (C=N–C) groups is 1. The van der Waals surface area contributed by atoms with Crippen LogP contribution in [0.3, 0.4) is 0 Å². The van der Waals surface area contributed by atoms with Crippen molar-refractivity contribution >= 4 is 12.0 Å². The first-order chi connectivity index (χ1) is 11.0. The Labute approximate surface area is 137 Å². The molecule has 3 rings (SSSR count). The van der Waals surface area contributed by atoms with Gasteiger partial charge in [0.25, 0.3) is 0 Å². The number of nitrogens with zero attached hydrogens (tertiary/aromatic N) is 3. The first kappa shape index (κ1) is 15.9. The third kappa shape index (κ3) is 3.89. The molecule has 1 saturated heterocycles. The van der Waals surface area contributed by atoms with Gasteiger partial charge in [0.2, 0.25) is 11.7 Å². The van der Waals surface area contributed by atoms with E-state index >= 15 is 0 Å². The molecule has 1 atom stereocenters. The summed E-state index contributed by atoms with van der Waals surface area (Å²) in [6.07, 6.45) is 4.35. The van der Waals surface area contributed by atoms with Crippen LogP contribution in [0.25, 0.3) is 6.08 Å². The maximum atomic E-state index is 6.16. The van der Waals surface area contributed by atoms with Crippen LogP contribution >= 0.6 is 0 Å². The van der Waals surface area contributed by atoms with Gasteiger partial charge in [0, 0.05) is 38.3 Å². The topological polar surface area (TPSA) is 94.9 Å². The van der Waals surface area contributed by atoms with E-state index < -0.39 is 5.79 Å². The molecule has 23 heavy (non-hydrogen) atoms. The molecule has 2 aliphatic heterocycles. The summed E-state index contributed by atoms with van der Waals surface area (Å²) in [5.74, 6) is -0.699. The molecule has 0 saturated carbocycles. The Morgan fingerprint density at radius 3 is 2.52 bits per heavy atom. The summed E-state index contributed by atoms with van der Waals surface area (Å²) in [4.78, 5) is 9.00. The van der Waals surface area contributed by atoms with Crippen molar-refractivity contribution in [2.75, 3.05) is 39.8 Å². The predicted octanol–water partition coefficient (Wildman–Crippen LogP) is -0.561. The normalized spacial score (nSPS) is 26.4. The first-order valence-electron chi connectivity index (χ1n) is 7.90. The van der Waals surface area contributed by atoms with Crippen molar-refractivity contribution in [3.63, 3.8) is 0 Å². The lowest BCUT2D eigenvalue weighted by Crippen LogP contribution is -2.50. The van der Waals surface area contributed by atoms with Gasteiger partial charge in [-0.2, -0.15) is 5.43 Å². The number of benzene rings is 1. The number of piperazine rings is 1. The van der Waals surface area contributed by atoms with Gasteiger partial charge in [0.1, 0.15) is 0 Å². The summed E-state index contributed by atoms with van der Waals surface area (Å²) < 4.78 is 0. The van der Waals surface area contributed by atoms with Crippen LogP contribution in [0.1, 0.15) is 11.1 Å². The number of rotatable bonds is 4. The van der Waals surface area contributed by atoms with Crippen molar-refractivity contribution in [3.8, 4) is 0 Å². The van der Waals surface area contributed by atoms with Crippen molar-refractivity contribution in [3.05, 3.63) is 41.5 Å². The van der Waals surface area contributed by atoms with Gasteiger partial charge in [0.15, 0.2) is 0 Å². The largest absolute Gasteiger partial charge is 0.369 e. The highest BCUT2D eigenvalue weighted by atomic mass is 15.6. The second-order valence-corrected chi connectivity index (χ2v) is 6.14. The molecule has 1 aromatic carbocycles. The summed E-state index contributed by atoms with van der Waals surface area (Å²) in [5, 5.41) is 0. The lowest BCUT2D eigenvalue weighted by molar-refractivity contribution is 0.167. The number of nitrogens with two attached hydrogens (primary N) is 2. The molecule has 7 heteroatoms. The zero-order valence-electron chi connectivity index (χ0n) is 13.5. The van der Waals surface area contributed by atoms with E-state index in [1.165, 1.54) is 0 Å². The van der Waals surface area contributed by atoms with Gasteiger partial charge >= 0.3 is 0 Å². The van der Waals surface area contributed by atoms with E-state index in [1.54, 1.807) is 0 Å². The van der Waals surface area contributed by atoms with E-state index in [1.807, 2.05) is 24.3 Å². The molecule has 1 fully saturated rings. The van der Waals surface area contributed by atoms with Crippen LogP contribution in [-0.2, 0) is 5.79 Å². The number of hydrogen-bond donors (Lipinski definition) is 4. The second-order valence-electron chi connectivity index (χ2n) is 6.14. The van der Waals surface area contributed by atoms with Crippen LogP contribution in [-0.4, -0.2) is 55.5 Å². The predicted molar refractivity (Wildman–Crippen MR) is 93.2 cm³/mol. The minimum atomic E-state index is -0.994. The van der Waals surface area contributed by atoms with Gasteiger partial charge in [-0.15, -0.1) is 0 Å². The summed E-state index contributed by atoms with van der Waals surface area (Å²) in [7, 11) is 2.17. The van der Waals surface area contributed by atoms with Gasteiger partial charge in [0.05, 0.1) is 0 Å². The molecule has 0 aromatic heterocycles. The molecule has 2 aliphatic rings. The van der Waals surface area contributed by atoms with E-state index in [0.717, 1.165) is 43.9 Å². The quantitative estimate of drug-likeness (QED) is 0.595. The molecule has 1 aromatic rings. The Kier molecular flexibility index (Phi) is 4.63. The Balaban J connectivity index is 1.56. The molecule has 2 heterocycles. The van der Waals surface area contributed by atoms with Crippen LogP contribution in [0.2, 0.25) is 0 Å². The van der Waals surface area contributed by atoms with Gasteiger partial charge in [-0.3, -0.25) is 16.1 Å². The highest BCUT2D eigenvalue weighted by molar-refractivity contribution is 5.79. The van der Waals surface area contributed by atoms with Crippen LogP contribution in [0.4, 0.5) is 0 Å². The first-order valence-corrected chi connectivity index (χ1v) is 7.90. The van der Waals surface area contributed by atoms with Crippen molar-refractivity contribution in [2.45, 2.75) is 5.79 Å². The van der Waals surface area contributed by atoms with Crippen molar-refractivity contribution < 1.29 is 0 Å². The molecule has 0 bridgehead atoms. The highest BCUT2D eigenvalue weighted by Gasteiger charge is 2.31. The van der Waals surface area contributed by atoms with Crippen LogP contribution in [0.15, 0.2) is 35.3 Å². The minimum absolute atomic E-state index is 0.295. The van der Waals surface area contributed by atoms with Crippen molar-refractivity contribution in [1.29, 1.82) is 0 Å². The minimum Gasteiger partial charge on any atom is -0.369 e. The van der Waals surface area contributed by atoms with E-state index in [-0.39, 0.29) is 0 Å². The monoisotopic (exact) mass is 315 g/mol. The molecule has 124 valence electrons. The smallest absolute Gasteiger partial charge is 0.209 e. The van der Waals surface area contributed by atoms with Gasteiger partial charge in [-0.05, 0) is 12.6 Å². The fourth-order valence-corrected chi connectivity index (χ4v) is 2.76. The molecule has 7 nitrogen and oxygen atoms in total. The molecule has 6 N–H and O–H groups in total. The van der Waals surface area contributed by atoms with Gasteiger partial charge < -0.3 is 10.6 Å². The van der Waals surface area contributed by atoms with Crippen molar-refractivity contribution in [1.82, 2.24) is 20.7 Å². The SMILES string of the molecule is CN1CCN(CC=Cc2ccc(C3(N)N=C(N)NN3)cc2)CC1. The average Bonchev–Trinajstić information content (AvgIpc) is 2.90. The maximum absolute atomic E-state index is 6.16. The molecule has 1 unspecified atom stereocenters. The molecule has 0 radical (unpaired) electrons.